The van der Waals surface area contributed by atoms with Gasteiger partial charge in [-0.05, 0) is 67.0 Å². The van der Waals surface area contributed by atoms with Gasteiger partial charge in [-0.15, -0.1) is 0 Å². The number of hydrogen-bond acceptors (Lipinski definition) is 5. The van der Waals surface area contributed by atoms with Crippen molar-refractivity contribution in [2.45, 2.75) is 50.2 Å². The lowest BCUT2D eigenvalue weighted by Gasteiger charge is -2.28. The maximum Gasteiger partial charge on any atom is 0.229 e. The first-order chi connectivity index (χ1) is 17.3. The second-order valence-corrected chi connectivity index (χ2v) is 11.6. The van der Waals surface area contributed by atoms with Gasteiger partial charge in [0.2, 0.25) is 10.0 Å². The van der Waals surface area contributed by atoms with Gasteiger partial charge in [-0.2, -0.15) is 0 Å². The molecule has 10 heteroatoms. The largest absolute Gasteiger partial charge is 0.495 e. The second kappa shape index (κ2) is 10.1. The van der Waals surface area contributed by atoms with E-state index in [0.29, 0.717) is 22.6 Å². The van der Waals surface area contributed by atoms with E-state index in [9.17, 15) is 8.42 Å². The van der Waals surface area contributed by atoms with Crippen LogP contribution in [-0.4, -0.2) is 36.4 Å². The zero-order valence-electron chi connectivity index (χ0n) is 20.4. The van der Waals surface area contributed by atoms with Crippen LogP contribution in [-0.2, 0) is 10.0 Å². The molecule has 2 aliphatic rings. The number of rotatable bonds is 7. The Morgan fingerprint density at radius 3 is 2.64 bits per heavy atom. The number of benzene rings is 1. The van der Waals surface area contributed by atoms with E-state index in [1.807, 2.05) is 29.2 Å². The topological polar surface area (TPSA) is 88.5 Å². The van der Waals surface area contributed by atoms with Crippen LogP contribution in [0.5, 0.6) is 5.75 Å². The molecule has 0 spiro atoms. The molecule has 2 aromatic heterocycles. The molecular weight excluding hydrogens is 494 g/mol. The third kappa shape index (κ3) is 5.05. The Kier molecular flexibility index (Phi) is 6.90. The van der Waals surface area contributed by atoms with Crippen molar-refractivity contribution in [1.82, 2.24) is 14.9 Å². The highest BCUT2D eigenvalue weighted by atomic mass is 32.2. The van der Waals surface area contributed by atoms with Gasteiger partial charge in [-0.1, -0.05) is 25.3 Å². The average molecular weight is 526 g/mol. The molecule has 2 atom stereocenters. The molecule has 2 N–H and O–H groups in total. The van der Waals surface area contributed by atoms with Crippen molar-refractivity contribution in [2.24, 2.45) is 0 Å². The van der Waals surface area contributed by atoms with Gasteiger partial charge in [0, 0.05) is 30.3 Å². The van der Waals surface area contributed by atoms with Crippen LogP contribution >= 0.6 is 12.2 Å². The lowest BCUT2D eigenvalue weighted by atomic mass is 9.95. The molecule has 5 rings (SSSR count). The van der Waals surface area contributed by atoms with E-state index in [2.05, 4.69) is 38.1 Å². The first kappa shape index (κ1) is 24.6. The highest BCUT2D eigenvalue weighted by Crippen LogP contribution is 2.44. The molecule has 3 heterocycles. The molecule has 1 aromatic carbocycles. The summed E-state index contributed by atoms with van der Waals surface area (Å²) in [6.45, 7) is 0. The van der Waals surface area contributed by atoms with Crippen LogP contribution < -0.4 is 19.7 Å². The first-order valence-corrected chi connectivity index (χ1v) is 14.5. The van der Waals surface area contributed by atoms with Gasteiger partial charge in [0.15, 0.2) is 5.11 Å². The normalized spacial score (nSPS) is 20.8. The van der Waals surface area contributed by atoms with Gasteiger partial charge >= 0.3 is 0 Å². The maximum atomic E-state index is 12.0. The molecule has 3 aromatic rings. The number of ether oxygens (including phenoxy) is 1. The zero-order valence-corrected chi connectivity index (χ0v) is 22.1. The number of hydrogen-bond donors (Lipinski definition) is 2. The third-order valence-corrected chi connectivity index (χ3v) is 7.84. The van der Waals surface area contributed by atoms with Crippen molar-refractivity contribution in [3.8, 4) is 5.75 Å². The predicted molar refractivity (Wildman–Crippen MR) is 146 cm³/mol. The van der Waals surface area contributed by atoms with Crippen LogP contribution in [0.1, 0.15) is 61.5 Å². The van der Waals surface area contributed by atoms with Crippen LogP contribution in [0.25, 0.3) is 0 Å². The summed E-state index contributed by atoms with van der Waals surface area (Å²) in [5, 5.41) is 4.02. The van der Waals surface area contributed by atoms with Crippen molar-refractivity contribution in [1.29, 1.82) is 0 Å². The number of nitrogens with one attached hydrogen (secondary N) is 2. The Labute approximate surface area is 217 Å². The summed E-state index contributed by atoms with van der Waals surface area (Å²) in [4.78, 5) is 6.67. The van der Waals surface area contributed by atoms with Crippen LogP contribution in [0.2, 0.25) is 0 Å². The SMILES string of the molecule is COc1ccc(N2C(=S)N[C@H](c3ccccn3)[C@H]2c2ccn(C3CCCCC3)c2)cc1NS(C)(=O)=O. The lowest BCUT2D eigenvalue weighted by molar-refractivity contribution is 0.353. The Morgan fingerprint density at radius 1 is 1.14 bits per heavy atom. The van der Waals surface area contributed by atoms with E-state index < -0.39 is 10.0 Å². The molecule has 0 amide bonds. The molecule has 190 valence electrons. The molecule has 36 heavy (non-hydrogen) atoms. The van der Waals surface area contributed by atoms with Crippen LogP contribution in [0, 0.1) is 0 Å². The summed E-state index contributed by atoms with van der Waals surface area (Å²) in [6, 6.07) is 13.6. The number of pyridine rings is 1. The minimum atomic E-state index is -3.50. The van der Waals surface area contributed by atoms with Gasteiger partial charge in [-0.3, -0.25) is 9.71 Å². The average Bonchev–Trinajstić information content (AvgIpc) is 3.49. The zero-order chi connectivity index (χ0) is 25.3. The summed E-state index contributed by atoms with van der Waals surface area (Å²) in [6.07, 6.45) is 13.5. The Hall–Kier alpha value is -3.11. The predicted octanol–water partition coefficient (Wildman–Crippen LogP) is 4.95. The van der Waals surface area contributed by atoms with Crippen molar-refractivity contribution < 1.29 is 13.2 Å². The first-order valence-electron chi connectivity index (χ1n) is 12.2. The van der Waals surface area contributed by atoms with E-state index >= 15 is 0 Å². The Balaban J connectivity index is 1.57. The minimum absolute atomic E-state index is 0.170. The highest BCUT2D eigenvalue weighted by molar-refractivity contribution is 7.92. The molecule has 1 aliphatic heterocycles. The fraction of sp³-hybridized carbons (Fsp3) is 0.385. The molecule has 1 saturated heterocycles. The molecular formula is C26H31N5O3S2. The molecule has 1 aliphatic carbocycles. The number of sulfonamides is 1. The standard InChI is InChI=1S/C26H31N5O3S2/c1-34-23-12-11-20(16-22(23)29-36(2,32)33)31-25(24(28-26(31)35)21-10-6-7-14-27-21)18-13-15-30(17-18)19-8-4-3-5-9-19/h6-7,10-17,19,24-25,29H,3-5,8-9H2,1-2H3,(H,28,35)/t24-,25-/m1/s1. The third-order valence-electron chi connectivity index (χ3n) is 6.93. The Bertz CT molecular complexity index is 1340. The summed E-state index contributed by atoms with van der Waals surface area (Å²) in [5.74, 6) is 0.434. The minimum Gasteiger partial charge on any atom is -0.495 e. The van der Waals surface area contributed by atoms with Gasteiger partial charge in [0.05, 0.1) is 36.8 Å². The number of aromatic nitrogens is 2. The monoisotopic (exact) mass is 525 g/mol. The molecule has 8 nitrogen and oxygen atoms in total. The number of thiocarbonyl (C=S) groups is 1. The maximum absolute atomic E-state index is 12.0. The van der Waals surface area contributed by atoms with E-state index in [-0.39, 0.29) is 12.1 Å². The van der Waals surface area contributed by atoms with Gasteiger partial charge in [0.25, 0.3) is 0 Å². The van der Waals surface area contributed by atoms with E-state index in [1.54, 1.807) is 18.3 Å². The Morgan fingerprint density at radius 2 is 1.94 bits per heavy atom. The van der Waals surface area contributed by atoms with Crippen molar-refractivity contribution in [3.05, 3.63) is 72.3 Å². The molecule has 0 radical (unpaired) electrons. The fourth-order valence-electron chi connectivity index (χ4n) is 5.31. The van der Waals surface area contributed by atoms with Gasteiger partial charge in [0.1, 0.15) is 5.75 Å². The van der Waals surface area contributed by atoms with Crippen molar-refractivity contribution >= 4 is 38.7 Å². The van der Waals surface area contributed by atoms with Crippen molar-refractivity contribution in [3.63, 3.8) is 0 Å². The molecule has 2 fully saturated rings. The highest BCUT2D eigenvalue weighted by Gasteiger charge is 2.41. The van der Waals surface area contributed by atoms with Gasteiger partial charge in [-0.25, -0.2) is 8.42 Å². The van der Waals surface area contributed by atoms with Crippen LogP contribution in [0.3, 0.4) is 0 Å². The van der Waals surface area contributed by atoms with Crippen molar-refractivity contribution in [2.75, 3.05) is 23.0 Å². The van der Waals surface area contributed by atoms with Gasteiger partial charge < -0.3 is 19.5 Å². The number of anilines is 2. The lowest BCUT2D eigenvalue weighted by Crippen LogP contribution is -2.29. The number of methoxy groups -OCH3 is 1. The summed E-state index contributed by atoms with van der Waals surface area (Å²) < 4.78 is 34.3. The van der Waals surface area contributed by atoms with E-state index in [1.165, 1.54) is 39.2 Å². The summed E-state index contributed by atoms with van der Waals surface area (Å²) in [5.41, 5.74) is 3.13. The fourth-order valence-corrected chi connectivity index (χ4v) is 6.21. The van der Waals surface area contributed by atoms with Crippen LogP contribution in [0.15, 0.2) is 61.1 Å². The molecule has 0 bridgehead atoms. The molecule has 0 unspecified atom stereocenters. The van der Waals surface area contributed by atoms with E-state index in [4.69, 9.17) is 17.0 Å². The summed E-state index contributed by atoms with van der Waals surface area (Å²) in [7, 11) is -1.99. The second-order valence-electron chi connectivity index (χ2n) is 9.44. The number of nitrogens with zero attached hydrogens (tertiary/aromatic N) is 3. The van der Waals surface area contributed by atoms with E-state index in [0.717, 1.165) is 23.2 Å². The van der Waals surface area contributed by atoms with Crippen LogP contribution in [0.4, 0.5) is 11.4 Å². The smallest absolute Gasteiger partial charge is 0.229 e. The summed E-state index contributed by atoms with van der Waals surface area (Å²) >= 11 is 5.83. The quantitative estimate of drug-likeness (QED) is 0.422. The molecule has 1 saturated carbocycles.